The number of carbonyl (C=O) groups is 1. The van der Waals surface area contributed by atoms with Gasteiger partial charge in [0.05, 0.1) is 6.61 Å². The third kappa shape index (κ3) is 3.71. The third-order valence-electron chi connectivity index (χ3n) is 0.835. The lowest BCUT2D eigenvalue weighted by atomic mass is 10.4. The van der Waals surface area contributed by atoms with Crippen LogP contribution in [0.25, 0.3) is 0 Å². The summed E-state index contributed by atoms with van der Waals surface area (Å²) in [5.41, 5.74) is 5.22. The molecule has 0 rings (SSSR count). The van der Waals surface area contributed by atoms with E-state index in [0.29, 0.717) is 0 Å². The standard InChI is InChI=1S/C5H11NO3S/c6-4(3-10)5(8)9-2-1-7/h4,7,10H,1-3,6H2/t4-/m0/s1. The molecule has 0 saturated heterocycles. The van der Waals surface area contributed by atoms with E-state index in [2.05, 4.69) is 17.4 Å². The number of hydrogen-bond donors (Lipinski definition) is 3. The van der Waals surface area contributed by atoms with Crippen LogP contribution < -0.4 is 5.73 Å². The van der Waals surface area contributed by atoms with Crippen molar-refractivity contribution in [1.82, 2.24) is 0 Å². The number of esters is 1. The van der Waals surface area contributed by atoms with E-state index in [1.54, 1.807) is 0 Å². The molecule has 0 aliphatic carbocycles. The Bertz CT molecular complexity index is 109. The summed E-state index contributed by atoms with van der Waals surface area (Å²) >= 11 is 3.79. The number of ether oxygens (including phenoxy) is 1. The van der Waals surface area contributed by atoms with Crippen LogP contribution in [0.2, 0.25) is 0 Å². The topological polar surface area (TPSA) is 72.6 Å². The molecule has 0 aliphatic heterocycles. The van der Waals surface area contributed by atoms with Crippen molar-refractivity contribution in [3.05, 3.63) is 0 Å². The van der Waals surface area contributed by atoms with E-state index in [4.69, 9.17) is 10.8 Å². The van der Waals surface area contributed by atoms with Gasteiger partial charge >= 0.3 is 5.97 Å². The molecule has 0 spiro atoms. The molecule has 0 fully saturated rings. The molecule has 0 bridgehead atoms. The van der Waals surface area contributed by atoms with E-state index in [0.717, 1.165) is 0 Å². The van der Waals surface area contributed by atoms with E-state index in [-0.39, 0.29) is 19.0 Å². The number of carbonyl (C=O) groups excluding carboxylic acids is 1. The van der Waals surface area contributed by atoms with Crippen molar-refractivity contribution in [2.75, 3.05) is 19.0 Å². The van der Waals surface area contributed by atoms with Gasteiger partial charge in [-0.1, -0.05) is 0 Å². The van der Waals surface area contributed by atoms with Gasteiger partial charge in [-0.15, -0.1) is 0 Å². The monoisotopic (exact) mass is 165 g/mol. The number of aliphatic hydroxyl groups excluding tert-OH is 1. The van der Waals surface area contributed by atoms with E-state index >= 15 is 0 Å². The van der Waals surface area contributed by atoms with E-state index in [1.807, 2.05) is 0 Å². The highest BCUT2D eigenvalue weighted by Crippen LogP contribution is 1.87. The van der Waals surface area contributed by atoms with Crippen LogP contribution in [0.15, 0.2) is 0 Å². The van der Waals surface area contributed by atoms with Gasteiger partial charge in [0.1, 0.15) is 12.6 Å². The summed E-state index contributed by atoms with van der Waals surface area (Å²) in [6.07, 6.45) is 0. The summed E-state index contributed by atoms with van der Waals surface area (Å²) in [7, 11) is 0. The molecule has 0 radical (unpaired) electrons. The van der Waals surface area contributed by atoms with Gasteiger partial charge in [-0.2, -0.15) is 12.6 Å². The van der Waals surface area contributed by atoms with Crippen molar-refractivity contribution in [2.24, 2.45) is 5.73 Å². The predicted octanol–water partition coefficient (Wildman–Crippen LogP) is -1.22. The Morgan fingerprint density at radius 2 is 2.40 bits per heavy atom. The maximum Gasteiger partial charge on any atom is 0.323 e. The highest BCUT2D eigenvalue weighted by atomic mass is 32.1. The Morgan fingerprint density at radius 1 is 1.80 bits per heavy atom. The molecule has 4 nitrogen and oxygen atoms in total. The lowest BCUT2D eigenvalue weighted by Crippen LogP contribution is -2.34. The van der Waals surface area contributed by atoms with Crippen molar-refractivity contribution in [1.29, 1.82) is 0 Å². The first-order chi connectivity index (χ1) is 4.72. The van der Waals surface area contributed by atoms with Gasteiger partial charge in [0.15, 0.2) is 0 Å². The smallest absolute Gasteiger partial charge is 0.323 e. The first kappa shape index (κ1) is 9.74. The van der Waals surface area contributed by atoms with E-state index in [1.165, 1.54) is 0 Å². The molecule has 0 saturated carbocycles. The zero-order valence-corrected chi connectivity index (χ0v) is 6.38. The molecule has 0 aromatic rings. The fourth-order valence-corrected chi connectivity index (χ4v) is 0.477. The lowest BCUT2D eigenvalue weighted by Gasteiger charge is -2.06. The average Bonchev–Trinajstić information content (AvgIpc) is 1.98. The van der Waals surface area contributed by atoms with Gasteiger partial charge in [0.2, 0.25) is 0 Å². The van der Waals surface area contributed by atoms with Crippen molar-refractivity contribution >= 4 is 18.6 Å². The van der Waals surface area contributed by atoms with Gasteiger partial charge < -0.3 is 15.6 Å². The number of rotatable bonds is 4. The Labute approximate surface area is 64.8 Å². The minimum absolute atomic E-state index is 0.000309. The maximum atomic E-state index is 10.6. The minimum atomic E-state index is -0.685. The van der Waals surface area contributed by atoms with Crippen LogP contribution in [0.5, 0.6) is 0 Å². The molecule has 3 N–H and O–H groups in total. The highest BCUT2D eigenvalue weighted by molar-refractivity contribution is 7.80. The van der Waals surface area contributed by atoms with Gasteiger partial charge in [0, 0.05) is 5.75 Å². The van der Waals surface area contributed by atoms with Gasteiger partial charge in [-0.05, 0) is 0 Å². The molecule has 1 atom stereocenters. The predicted molar refractivity (Wildman–Crippen MR) is 39.9 cm³/mol. The van der Waals surface area contributed by atoms with Crippen LogP contribution in [0.3, 0.4) is 0 Å². The summed E-state index contributed by atoms with van der Waals surface area (Å²) in [5.74, 6) is -0.270. The molecule has 60 valence electrons. The number of aliphatic hydroxyl groups is 1. The van der Waals surface area contributed by atoms with Crippen molar-refractivity contribution in [2.45, 2.75) is 6.04 Å². The van der Waals surface area contributed by atoms with Crippen LogP contribution in [0, 0.1) is 0 Å². The zero-order valence-electron chi connectivity index (χ0n) is 5.49. The van der Waals surface area contributed by atoms with Gasteiger partial charge in [-0.25, -0.2) is 0 Å². The van der Waals surface area contributed by atoms with E-state index in [9.17, 15) is 4.79 Å². The van der Waals surface area contributed by atoms with Crippen LogP contribution in [0.1, 0.15) is 0 Å². The molecule has 0 aromatic carbocycles. The molecule has 10 heavy (non-hydrogen) atoms. The molecule has 0 aliphatic rings. The van der Waals surface area contributed by atoms with Crippen LogP contribution in [-0.4, -0.2) is 36.1 Å². The summed E-state index contributed by atoms with van der Waals surface area (Å²) in [6.45, 7) is -0.175. The number of hydrogen-bond acceptors (Lipinski definition) is 5. The number of thiol groups is 1. The Balaban J connectivity index is 3.42. The lowest BCUT2D eigenvalue weighted by molar-refractivity contribution is -0.145. The Kier molecular flexibility index (Phi) is 5.38. The molecule has 5 heteroatoms. The molecular formula is C5H11NO3S. The maximum absolute atomic E-state index is 10.6. The zero-order chi connectivity index (χ0) is 7.98. The summed E-state index contributed by atoms with van der Waals surface area (Å²) < 4.78 is 4.48. The average molecular weight is 165 g/mol. The highest BCUT2D eigenvalue weighted by Gasteiger charge is 2.11. The fraction of sp³-hybridized carbons (Fsp3) is 0.800. The quantitative estimate of drug-likeness (QED) is 0.360. The van der Waals surface area contributed by atoms with Crippen molar-refractivity contribution < 1.29 is 14.6 Å². The molecular weight excluding hydrogens is 154 g/mol. The Morgan fingerprint density at radius 3 is 2.80 bits per heavy atom. The van der Waals surface area contributed by atoms with E-state index < -0.39 is 12.0 Å². The minimum Gasteiger partial charge on any atom is -0.462 e. The molecule has 0 aromatic heterocycles. The van der Waals surface area contributed by atoms with Gasteiger partial charge in [-0.3, -0.25) is 4.79 Å². The summed E-state index contributed by atoms with van der Waals surface area (Å²) in [5, 5.41) is 8.23. The largest absolute Gasteiger partial charge is 0.462 e. The van der Waals surface area contributed by atoms with Crippen molar-refractivity contribution in [3.63, 3.8) is 0 Å². The summed E-state index contributed by atoms with van der Waals surface area (Å²) in [6, 6.07) is -0.685. The second-order valence-corrected chi connectivity index (χ2v) is 2.05. The van der Waals surface area contributed by atoms with Crippen LogP contribution in [-0.2, 0) is 9.53 Å². The first-order valence-corrected chi connectivity index (χ1v) is 3.49. The number of nitrogens with two attached hydrogens (primary N) is 1. The molecule has 0 unspecified atom stereocenters. The van der Waals surface area contributed by atoms with Crippen molar-refractivity contribution in [3.8, 4) is 0 Å². The van der Waals surface area contributed by atoms with Gasteiger partial charge in [0.25, 0.3) is 0 Å². The Hall–Kier alpha value is -0.260. The van der Waals surface area contributed by atoms with Crippen LogP contribution in [0.4, 0.5) is 0 Å². The first-order valence-electron chi connectivity index (χ1n) is 2.86. The van der Waals surface area contributed by atoms with Crippen LogP contribution >= 0.6 is 12.6 Å². The summed E-state index contributed by atoms with van der Waals surface area (Å²) in [4.78, 5) is 10.6. The molecule has 0 heterocycles. The molecule has 0 amide bonds. The SMILES string of the molecule is N[C@@H](CS)C(=O)OCCO. The second kappa shape index (κ2) is 5.52. The second-order valence-electron chi connectivity index (χ2n) is 1.68. The third-order valence-corrected chi connectivity index (χ3v) is 1.23. The normalized spacial score (nSPS) is 12.7. The fourth-order valence-electron chi connectivity index (χ4n) is 0.328.